The maximum atomic E-state index is 12.2. The molecule has 0 aromatic heterocycles. The van der Waals surface area contributed by atoms with Gasteiger partial charge in [-0.25, -0.2) is 0 Å². The molecule has 1 aliphatic heterocycles. The fourth-order valence-corrected chi connectivity index (χ4v) is 2.89. The van der Waals surface area contributed by atoms with Crippen molar-refractivity contribution in [2.24, 2.45) is 5.92 Å². The Balaban J connectivity index is 1.78. The molecule has 102 valence electrons. The van der Waals surface area contributed by atoms with E-state index >= 15 is 0 Å². The van der Waals surface area contributed by atoms with Gasteiger partial charge in [-0.1, -0.05) is 36.6 Å². The first kappa shape index (κ1) is 12.9. The molecular formula is C15H19ClN2O. The van der Waals surface area contributed by atoms with Crippen molar-refractivity contribution in [2.75, 3.05) is 6.54 Å². The molecule has 1 saturated heterocycles. The molecule has 3 rings (SSSR count). The van der Waals surface area contributed by atoms with Crippen molar-refractivity contribution in [1.29, 1.82) is 0 Å². The molecule has 2 fully saturated rings. The maximum absolute atomic E-state index is 12.2. The van der Waals surface area contributed by atoms with E-state index in [4.69, 9.17) is 11.6 Å². The van der Waals surface area contributed by atoms with Crippen molar-refractivity contribution < 1.29 is 4.79 Å². The van der Waals surface area contributed by atoms with E-state index in [1.807, 2.05) is 36.1 Å². The average molecular weight is 279 g/mol. The highest BCUT2D eigenvalue weighted by atomic mass is 35.5. The zero-order chi connectivity index (χ0) is 13.4. The van der Waals surface area contributed by atoms with Gasteiger partial charge in [0.25, 0.3) is 0 Å². The lowest BCUT2D eigenvalue weighted by molar-refractivity contribution is -0.129. The minimum atomic E-state index is -0.108. The topological polar surface area (TPSA) is 32.3 Å². The van der Waals surface area contributed by atoms with Gasteiger partial charge in [-0.15, -0.1) is 0 Å². The van der Waals surface area contributed by atoms with Crippen LogP contribution in [0.2, 0.25) is 5.02 Å². The van der Waals surface area contributed by atoms with Crippen LogP contribution in [0.5, 0.6) is 0 Å². The second kappa shape index (κ2) is 5.14. The normalized spacial score (nSPS) is 27.1. The number of carbonyl (C=O) groups is 1. The fourth-order valence-electron chi connectivity index (χ4n) is 2.69. The highest BCUT2D eigenvalue weighted by molar-refractivity contribution is 6.30. The molecule has 1 amide bonds. The molecule has 1 aromatic rings. The van der Waals surface area contributed by atoms with Crippen molar-refractivity contribution in [3.63, 3.8) is 0 Å². The van der Waals surface area contributed by atoms with Crippen LogP contribution in [0.4, 0.5) is 0 Å². The van der Waals surface area contributed by atoms with Gasteiger partial charge >= 0.3 is 0 Å². The first-order valence-corrected chi connectivity index (χ1v) is 7.35. The number of nitrogens with zero attached hydrogens (tertiary/aromatic N) is 1. The molecule has 1 heterocycles. The summed E-state index contributed by atoms with van der Waals surface area (Å²) in [7, 11) is 0. The van der Waals surface area contributed by atoms with E-state index in [-0.39, 0.29) is 18.1 Å². The van der Waals surface area contributed by atoms with E-state index < -0.39 is 0 Å². The maximum Gasteiger partial charge on any atom is 0.241 e. The third kappa shape index (κ3) is 2.77. The van der Waals surface area contributed by atoms with Crippen LogP contribution in [-0.4, -0.2) is 23.4 Å². The summed E-state index contributed by atoms with van der Waals surface area (Å²) in [6, 6.07) is 7.66. The van der Waals surface area contributed by atoms with Crippen LogP contribution >= 0.6 is 11.6 Å². The molecule has 4 heteroatoms. The van der Waals surface area contributed by atoms with E-state index in [0.717, 1.165) is 24.4 Å². The van der Waals surface area contributed by atoms with E-state index in [0.29, 0.717) is 5.02 Å². The van der Waals surface area contributed by atoms with Crippen LogP contribution in [0.15, 0.2) is 24.3 Å². The van der Waals surface area contributed by atoms with Crippen molar-refractivity contribution in [3.05, 3.63) is 34.9 Å². The Morgan fingerprint density at radius 2 is 2.21 bits per heavy atom. The molecule has 1 aromatic carbocycles. The summed E-state index contributed by atoms with van der Waals surface area (Å²) in [4.78, 5) is 14.2. The van der Waals surface area contributed by atoms with Crippen LogP contribution < -0.4 is 5.32 Å². The van der Waals surface area contributed by atoms with Gasteiger partial charge in [-0.2, -0.15) is 0 Å². The number of nitrogens with one attached hydrogen (secondary N) is 1. The van der Waals surface area contributed by atoms with Gasteiger partial charge in [-0.3, -0.25) is 10.1 Å². The molecule has 0 bridgehead atoms. The minimum Gasteiger partial charge on any atom is -0.322 e. The molecule has 19 heavy (non-hydrogen) atoms. The number of halogens is 1. The predicted octanol–water partition coefficient (Wildman–Crippen LogP) is 2.96. The largest absolute Gasteiger partial charge is 0.322 e. The molecule has 0 spiro atoms. The van der Waals surface area contributed by atoms with Crippen LogP contribution in [0.1, 0.15) is 37.9 Å². The van der Waals surface area contributed by atoms with Gasteiger partial charge in [0.05, 0.1) is 6.04 Å². The Hall–Kier alpha value is -1.06. The fraction of sp³-hybridized carbons (Fsp3) is 0.533. The van der Waals surface area contributed by atoms with Crippen molar-refractivity contribution >= 4 is 17.5 Å². The van der Waals surface area contributed by atoms with Gasteiger partial charge in [-0.05, 0) is 37.0 Å². The second-order valence-electron chi connectivity index (χ2n) is 5.61. The third-order valence-electron chi connectivity index (χ3n) is 4.01. The summed E-state index contributed by atoms with van der Waals surface area (Å²) in [5.74, 6) is 1.04. The van der Waals surface area contributed by atoms with Crippen molar-refractivity contribution in [1.82, 2.24) is 10.2 Å². The zero-order valence-corrected chi connectivity index (χ0v) is 11.9. The molecule has 1 N–H and O–H groups in total. The standard InChI is InChI=1S/C15H19ClN2O/c1-10-15(19)18(8-7-11-5-6-11)14(17-10)12-3-2-4-13(16)9-12/h2-4,9-11,14,17H,5-8H2,1H3. The Kier molecular flexibility index (Phi) is 3.50. The lowest BCUT2D eigenvalue weighted by atomic mass is 10.1. The Morgan fingerprint density at radius 3 is 2.89 bits per heavy atom. The second-order valence-corrected chi connectivity index (χ2v) is 6.05. The predicted molar refractivity (Wildman–Crippen MR) is 75.8 cm³/mol. The van der Waals surface area contributed by atoms with Crippen molar-refractivity contribution in [3.8, 4) is 0 Å². The SMILES string of the molecule is CC1NC(c2cccc(Cl)c2)N(CCC2CC2)C1=O. The Labute approximate surface area is 118 Å². The number of benzene rings is 1. The Morgan fingerprint density at radius 1 is 1.42 bits per heavy atom. The van der Waals surface area contributed by atoms with E-state index in [9.17, 15) is 4.79 Å². The molecule has 1 aliphatic carbocycles. The minimum absolute atomic E-state index is 0.0278. The molecule has 3 nitrogen and oxygen atoms in total. The number of carbonyl (C=O) groups excluding carboxylic acids is 1. The number of hydrogen-bond acceptors (Lipinski definition) is 2. The highest BCUT2D eigenvalue weighted by Crippen LogP contribution is 2.34. The van der Waals surface area contributed by atoms with Gasteiger partial charge in [0.15, 0.2) is 0 Å². The lowest BCUT2D eigenvalue weighted by Gasteiger charge is -2.24. The summed E-state index contributed by atoms with van der Waals surface area (Å²) in [5, 5.41) is 4.08. The van der Waals surface area contributed by atoms with Crippen LogP contribution in [0.3, 0.4) is 0 Å². The molecule has 2 atom stereocenters. The molecule has 2 aliphatic rings. The number of hydrogen-bond donors (Lipinski definition) is 1. The van der Waals surface area contributed by atoms with Crippen LogP contribution in [0, 0.1) is 5.92 Å². The number of rotatable bonds is 4. The van der Waals surface area contributed by atoms with Crippen LogP contribution in [-0.2, 0) is 4.79 Å². The van der Waals surface area contributed by atoms with Gasteiger partial charge in [0.2, 0.25) is 5.91 Å². The third-order valence-corrected chi connectivity index (χ3v) is 4.25. The van der Waals surface area contributed by atoms with Gasteiger partial charge in [0.1, 0.15) is 6.17 Å². The number of amides is 1. The van der Waals surface area contributed by atoms with E-state index in [2.05, 4.69) is 5.32 Å². The first-order chi connectivity index (χ1) is 9.15. The zero-order valence-electron chi connectivity index (χ0n) is 11.1. The van der Waals surface area contributed by atoms with Crippen LogP contribution in [0.25, 0.3) is 0 Å². The van der Waals surface area contributed by atoms with Crippen molar-refractivity contribution in [2.45, 2.75) is 38.4 Å². The lowest BCUT2D eigenvalue weighted by Crippen LogP contribution is -2.31. The molecular weight excluding hydrogens is 260 g/mol. The smallest absolute Gasteiger partial charge is 0.241 e. The Bertz CT molecular complexity index is 487. The molecule has 2 unspecified atom stereocenters. The van der Waals surface area contributed by atoms with E-state index in [1.165, 1.54) is 12.8 Å². The quantitative estimate of drug-likeness (QED) is 0.918. The monoisotopic (exact) mass is 278 g/mol. The van der Waals surface area contributed by atoms with E-state index in [1.54, 1.807) is 0 Å². The molecule has 0 radical (unpaired) electrons. The summed E-state index contributed by atoms with van der Waals surface area (Å²) < 4.78 is 0. The summed E-state index contributed by atoms with van der Waals surface area (Å²) in [6.45, 7) is 2.77. The van der Waals surface area contributed by atoms with Gasteiger partial charge < -0.3 is 4.90 Å². The summed E-state index contributed by atoms with van der Waals surface area (Å²) in [6.07, 6.45) is 3.75. The first-order valence-electron chi connectivity index (χ1n) is 6.97. The highest BCUT2D eigenvalue weighted by Gasteiger charge is 2.37. The summed E-state index contributed by atoms with van der Waals surface area (Å²) in [5.41, 5.74) is 1.07. The average Bonchev–Trinajstić information content (AvgIpc) is 3.16. The summed E-state index contributed by atoms with van der Waals surface area (Å²) >= 11 is 6.05. The molecule has 1 saturated carbocycles. The van der Waals surface area contributed by atoms with Gasteiger partial charge in [0, 0.05) is 11.6 Å².